The van der Waals surface area contributed by atoms with Crippen LogP contribution in [0.1, 0.15) is 19.3 Å². The van der Waals surface area contributed by atoms with E-state index in [-0.39, 0.29) is 12.8 Å². The second-order valence-electron chi connectivity index (χ2n) is 2.50. The molecule has 4 heteroatoms. The molecule has 1 fully saturated rings. The lowest BCUT2D eigenvalue weighted by Gasteiger charge is -2.15. The van der Waals surface area contributed by atoms with Gasteiger partial charge in [-0.25, -0.2) is 8.78 Å². The van der Waals surface area contributed by atoms with E-state index in [9.17, 15) is 13.6 Å². The first-order valence-corrected chi connectivity index (χ1v) is 3.48. The van der Waals surface area contributed by atoms with Crippen molar-refractivity contribution >= 4 is 16.8 Å². The molecule has 0 aromatic heterocycles. The quantitative estimate of drug-likeness (QED) is 0.548. The van der Waals surface area contributed by atoms with E-state index >= 15 is 0 Å². The Balaban J connectivity index is 2.75. The average Bonchev–Trinajstić information content (AvgIpc) is 2.15. The first-order chi connectivity index (χ1) is 4.57. The number of hydrogen-bond donors (Lipinski definition) is 0. The summed E-state index contributed by atoms with van der Waals surface area (Å²) < 4.78 is 25.5. The van der Waals surface area contributed by atoms with Crippen LogP contribution >= 0.6 is 11.6 Å². The first-order valence-electron chi connectivity index (χ1n) is 3.10. The van der Waals surface area contributed by atoms with Crippen LogP contribution in [0.5, 0.6) is 0 Å². The van der Waals surface area contributed by atoms with Gasteiger partial charge < -0.3 is 0 Å². The second-order valence-corrected chi connectivity index (χ2v) is 2.84. The van der Waals surface area contributed by atoms with Gasteiger partial charge in [-0.05, 0) is 30.9 Å². The summed E-state index contributed by atoms with van der Waals surface area (Å²) in [5.41, 5.74) is -2.39. The van der Waals surface area contributed by atoms with E-state index in [2.05, 4.69) is 0 Å². The zero-order valence-corrected chi connectivity index (χ0v) is 6.00. The van der Waals surface area contributed by atoms with Crippen molar-refractivity contribution in [3.8, 4) is 0 Å². The lowest BCUT2D eigenvalue weighted by molar-refractivity contribution is -0.124. The lowest BCUT2D eigenvalue weighted by atomic mass is 10.1. The van der Waals surface area contributed by atoms with E-state index in [1.54, 1.807) is 0 Å². The monoisotopic (exact) mass is 168 g/mol. The Morgan fingerprint density at radius 3 is 2.50 bits per heavy atom. The molecule has 0 spiro atoms. The Morgan fingerprint density at radius 2 is 2.30 bits per heavy atom. The molecule has 0 N–H and O–H groups in total. The van der Waals surface area contributed by atoms with Crippen LogP contribution < -0.4 is 0 Å². The third-order valence-electron chi connectivity index (χ3n) is 1.82. The smallest absolute Gasteiger partial charge is 0.262 e. The van der Waals surface area contributed by atoms with Gasteiger partial charge in [0.2, 0.25) is 5.67 Å². The Kier molecular flexibility index (Phi) is 1.95. The van der Waals surface area contributed by atoms with Crippen molar-refractivity contribution < 1.29 is 13.6 Å². The summed E-state index contributed by atoms with van der Waals surface area (Å²) in [4.78, 5) is 10.3. The molecule has 10 heavy (non-hydrogen) atoms. The van der Waals surface area contributed by atoms with Crippen molar-refractivity contribution in [1.29, 1.82) is 0 Å². The van der Waals surface area contributed by atoms with Crippen molar-refractivity contribution in [2.45, 2.75) is 31.1 Å². The third kappa shape index (κ3) is 1.03. The van der Waals surface area contributed by atoms with Crippen molar-refractivity contribution in [3.63, 3.8) is 0 Å². The lowest BCUT2D eigenvalue weighted by Crippen LogP contribution is -2.35. The number of hydrogen-bond acceptors (Lipinski definition) is 1. The summed E-state index contributed by atoms with van der Waals surface area (Å²) in [6.07, 6.45) is -1.26. The molecule has 0 heterocycles. The molecule has 58 valence electrons. The maximum atomic E-state index is 13.0. The molecular weight excluding hydrogens is 162 g/mol. The molecule has 2 unspecified atom stereocenters. The van der Waals surface area contributed by atoms with Gasteiger partial charge in [-0.1, -0.05) is 0 Å². The minimum absolute atomic E-state index is 0.0729. The number of halogens is 3. The maximum Gasteiger partial charge on any atom is 0.262 e. The summed E-state index contributed by atoms with van der Waals surface area (Å²) in [5, 5.41) is -1.20. The van der Waals surface area contributed by atoms with Crippen molar-refractivity contribution in [2.75, 3.05) is 0 Å². The van der Waals surface area contributed by atoms with Gasteiger partial charge in [0.1, 0.15) is 6.17 Å². The van der Waals surface area contributed by atoms with Crippen LogP contribution in [0, 0.1) is 0 Å². The largest absolute Gasteiger partial charge is 0.277 e. The van der Waals surface area contributed by atoms with E-state index < -0.39 is 17.1 Å². The predicted molar refractivity (Wildman–Crippen MR) is 33.4 cm³/mol. The van der Waals surface area contributed by atoms with Crippen LogP contribution in [0.4, 0.5) is 8.78 Å². The van der Waals surface area contributed by atoms with Gasteiger partial charge in [-0.2, -0.15) is 0 Å². The molecule has 1 aliphatic rings. The summed E-state index contributed by atoms with van der Waals surface area (Å²) >= 11 is 4.87. The van der Waals surface area contributed by atoms with Crippen molar-refractivity contribution in [3.05, 3.63) is 0 Å². The summed E-state index contributed by atoms with van der Waals surface area (Å²) in [7, 11) is 0. The molecular formula is C6H7ClF2O. The maximum absolute atomic E-state index is 13.0. The van der Waals surface area contributed by atoms with Gasteiger partial charge in [-0.15, -0.1) is 0 Å². The van der Waals surface area contributed by atoms with E-state index in [1.165, 1.54) is 0 Å². The molecule has 1 nitrogen and oxygen atoms in total. The average molecular weight is 169 g/mol. The predicted octanol–water partition coefficient (Wildman–Crippen LogP) is 1.98. The molecule has 0 bridgehead atoms. The molecule has 1 saturated carbocycles. The number of alkyl halides is 2. The normalized spacial score (nSPS) is 40.1. The van der Waals surface area contributed by atoms with Gasteiger partial charge in [0.15, 0.2) is 0 Å². The molecule has 2 atom stereocenters. The van der Waals surface area contributed by atoms with E-state index in [0.29, 0.717) is 6.42 Å². The highest BCUT2D eigenvalue weighted by Crippen LogP contribution is 2.37. The fourth-order valence-corrected chi connectivity index (χ4v) is 1.36. The zero-order valence-electron chi connectivity index (χ0n) is 5.24. The standard InChI is InChI=1S/C6H7ClF2O/c7-5(10)6(9)3-1-2-4(6)8/h4H,1-3H2. The van der Waals surface area contributed by atoms with E-state index in [0.717, 1.165) is 0 Å². The molecule has 0 aromatic carbocycles. The summed E-state index contributed by atoms with van der Waals surface area (Å²) in [6, 6.07) is 0. The third-order valence-corrected chi connectivity index (χ3v) is 2.14. The minimum Gasteiger partial charge on any atom is -0.277 e. The highest BCUT2D eigenvalue weighted by atomic mass is 35.5. The van der Waals surface area contributed by atoms with Gasteiger partial charge >= 0.3 is 0 Å². The SMILES string of the molecule is O=C(Cl)C1(F)CCCC1F. The van der Waals surface area contributed by atoms with Gasteiger partial charge in [0.25, 0.3) is 5.24 Å². The van der Waals surface area contributed by atoms with Gasteiger partial charge in [0, 0.05) is 0 Å². The molecule has 0 amide bonds. The van der Waals surface area contributed by atoms with E-state index in [4.69, 9.17) is 11.6 Å². The Bertz CT molecular complexity index is 162. The molecule has 0 radical (unpaired) electrons. The second kappa shape index (κ2) is 2.46. The molecule has 1 aliphatic carbocycles. The number of rotatable bonds is 1. The fraction of sp³-hybridized carbons (Fsp3) is 0.833. The molecule has 1 rings (SSSR count). The van der Waals surface area contributed by atoms with Gasteiger partial charge in [0.05, 0.1) is 0 Å². The summed E-state index contributed by atoms with van der Waals surface area (Å²) in [5.74, 6) is 0. The molecule has 0 aromatic rings. The van der Waals surface area contributed by atoms with E-state index in [1.807, 2.05) is 0 Å². The fourth-order valence-electron chi connectivity index (χ4n) is 1.15. The van der Waals surface area contributed by atoms with Crippen LogP contribution in [-0.2, 0) is 4.79 Å². The minimum atomic E-state index is -2.39. The van der Waals surface area contributed by atoms with Crippen molar-refractivity contribution in [1.82, 2.24) is 0 Å². The Labute approximate surface area is 62.4 Å². The Hall–Kier alpha value is -0.180. The molecule has 0 aliphatic heterocycles. The zero-order chi connectivity index (χ0) is 7.78. The van der Waals surface area contributed by atoms with Gasteiger partial charge in [-0.3, -0.25) is 4.79 Å². The van der Waals surface area contributed by atoms with Crippen LogP contribution in [-0.4, -0.2) is 17.1 Å². The van der Waals surface area contributed by atoms with Crippen LogP contribution in [0.15, 0.2) is 0 Å². The number of carbonyl (C=O) groups excluding carboxylic acids is 1. The molecule has 0 saturated heterocycles. The van der Waals surface area contributed by atoms with Crippen LogP contribution in [0.3, 0.4) is 0 Å². The van der Waals surface area contributed by atoms with Crippen LogP contribution in [0.25, 0.3) is 0 Å². The highest BCUT2D eigenvalue weighted by Gasteiger charge is 2.49. The van der Waals surface area contributed by atoms with Crippen molar-refractivity contribution in [2.24, 2.45) is 0 Å². The Morgan fingerprint density at radius 1 is 1.70 bits per heavy atom. The number of carbonyl (C=O) groups is 1. The highest BCUT2D eigenvalue weighted by molar-refractivity contribution is 6.65. The first kappa shape index (κ1) is 7.92. The summed E-state index contributed by atoms with van der Waals surface area (Å²) in [6.45, 7) is 0. The van der Waals surface area contributed by atoms with Crippen LogP contribution in [0.2, 0.25) is 0 Å². The topological polar surface area (TPSA) is 17.1 Å².